The van der Waals surface area contributed by atoms with Gasteiger partial charge in [0.1, 0.15) is 0 Å². The van der Waals surface area contributed by atoms with Crippen molar-refractivity contribution in [3.8, 4) is 0 Å². The van der Waals surface area contributed by atoms with E-state index in [4.69, 9.17) is 4.74 Å². The number of piperazine rings is 1. The van der Waals surface area contributed by atoms with Crippen molar-refractivity contribution in [2.75, 3.05) is 52.5 Å². The van der Waals surface area contributed by atoms with Crippen LogP contribution in [0.3, 0.4) is 0 Å². The first-order chi connectivity index (χ1) is 13.0. The molecule has 0 spiro atoms. The lowest BCUT2D eigenvalue weighted by Crippen LogP contribution is -2.55. The monoisotopic (exact) mass is 392 g/mol. The number of fused-ring (bicyclic) bond motifs is 1. The maximum absolute atomic E-state index is 13.0. The Morgan fingerprint density at radius 3 is 2.30 bits per heavy atom. The molecule has 0 aliphatic carbocycles. The topological polar surface area (TPSA) is 75.1 Å². The van der Waals surface area contributed by atoms with Crippen molar-refractivity contribution in [3.05, 3.63) is 36.0 Å². The van der Waals surface area contributed by atoms with E-state index in [1.54, 1.807) is 4.90 Å². The van der Waals surface area contributed by atoms with Gasteiger partial charge in [0.15, 0.2) is 0 Å². The number of amides is 1. The Hall–Kier alpha value is -1.94. The maximum atomic E-state index is 13.0. The van der Waals surface area contributed by atoms with Gasteiger partial charge in [0.05, 0.1) is 18.8 Å². The number of aryl methyl sites for hydroxylation is 1. The third-order valence-electron chi connectivity index (χ3n) is 5.28. The van der Waals surface area contributed by atoms with Crippen molar-refractivity contribution < 1.29 is 17.9 Å². The molecule has 0 atom stereocenters. The number of rotatable bonds is 3. The summed E-state index contributed by atoms with van der Waals surface area (Å²) in [6, 6.07) is 7.80. The highest BCUT2D eigenvalue weighted by atomic mass is 32.2. The van der Waals surface area contributed by atoms with E-state index in [1.807, 2.05) is 42.1 Å². The van der Waals surface area contributed by atoms with Crippen LogP contribution < -0.4 is 0 Å². The number of hydrogen-bond acceptors (Lipinski definition) is 4. The third-order valence-corrected chi connectivity index (χ3v) is 7.31. The molecule has 1 amide bonds. The zero-order valence-corrected chi connectivity index (χ0v) is 16.2. The summed E-state index contributed by atoms with van der Waals surface area (Å²) in [5, 5.41) is 0.924. The number of nitrogens with zero attached hydrogens (tertiary/aromatic N) is 4. The lowest BCUT2D eigenvalue weighted by atomic mass is 10.1. The van der Waals surface area contributed by atoms with Gasteiger partial charge >= 0.3 is 0 Å². The molecule has 8 nitrogen and oxygen atoms in total. The molecule has 2 fully saturated rings. The number of morpholine rings is 1. The Bertz CT molecular complexity index is 941. The molecule has 2 saturated heterocycles. The van der Waals surface area contributed by atoms with Crippen molar-refractivity contribution in [1.29, 1.82) is 0 Å². The molecule has 3 heterocycles. The first-order valence-corrected chi connectivity index (χ1v) is 10.5. The molecule has 0 unspecified atom stereocenters. The van der Waals surface area contributed by atoms with Crippen molar-refractivity contribution in [2.24, 2.45) is 7.05 Å². The Balaban J connectivity index is 1.46. The Morgan fingerprint density at radius 2 is 1.59 bits per heavy atom. The average molecular weight is 392 g/mol. The van der Waals surface area contributed by atoms with Gasteiger partial charge < -0.3 is 14.2 Å². The molecule has 0 bridgehead atoms. The molecule has 2 aliphatic heterocycles. The van der Waals surface area contributed by atoms with E-state index in [1.165, 1.54) is 8.61 Å². The van der Waals surface area contributed by atoms with Crippen molar-refractivity contribution >= 4 is 27.0 Å². The van der Waals surface area contributed by atoms with Crippen molar-refractivity contribution in [3.63, 3.8) is 0 Å². The van der Waals surface area contributed by atoms with Gasteiger partial charge in [0.25, 0.3) is 16.1 Å². The van der Waals surface area contributed by atoms with Crippen molar-refractivity contribution in [1.82, 2.24) is 18.1 Å². The second-order valence-corrected chi connectivity index (χ2v) is 8.81. The quantitative estimate of drug-likeness (QED) is 0.763. The summed E-state index contributed by atoms with van der Waals surface area (Å²) >= 11 is 0. The first kappa shape index (κ1) is 18.4. The minimum absolute atomic E-state index is 0.0461. The van der Waals surface area contributed by atoms with Gasteiger partial charge in [-0.25, -0.2) is 0 Å². The number of ether oxygens (including phenoxy) is 1. The summed E-state index contributed by atoms with van der Waals surface area (Å²) in [5.74, 6) is -0.0461. The fourth-order valence-corrected chi connectivity index (χ4v) is 5.31. The summed E-state index contributed by atoms with van der Waals surface area (Å²) in [6.07, 6.45) is 1.85. The molecule has 0 saturated carbocycles. The summed E-state index contributed by atoms with van der Waals surface area (Å²) in [4.78, 5) is 14.7. The highest BCUT2D eigenvalue weighted by molar-refractivity contribution is 7.86. The Labute approximate surface area is 159 Å². The van der Waals surface area contributed by atoms with Crippen LogP contribution in [0.15, 0.2) is 30.5 Å². The second kappa shape index (κ2) is 7.23. The number of aromatic nitrogens is 1. The van der Waals surface area contributed by atoms with Crippen LogP contribution in [0.2, 0.25) is 0 Å². The summed E-state index contributed by atoms with van der Waals surface area (Å²) < 4.78 is 35.6. The maximum Gasteiger partial charge on any atom is 0.282 e. The molecular weight excluding hydrogens is 368 g/mol. The normalized spacial score (nSPS) is 20.3. The Kier molecular flexibility index (Phi) is 4.94. The van der Waals surface area contributed by atoms with E-state index in [9.17, 15) is 13.2 Å². The van der Waals surface area contributed by atoms with Crippen LogP contribution in [0.5, 0.6) is 0 Å². The fraction of sp³-hybridized carbons (Fsp3) is 0.500. The fourth-order valence-electron chi connectivity index (χ4n) is 3.74. The summed E-state index contributed by atoms with van der Waals surface area (Å²) in [6.45, 7) is 3.05. The molecule has 2 aromatic rings. The molecule has 1 aromatic carbocycles. The lowest BCUT2D eigenvalue weighted by molar-refractivity contribution is 0.0637. The van der Waals surface area contributed by atoms with E-state index in [0.717, 1.165) is 10.9 Å². The second-order valence-electron chi connectivity index (χ2n) is 6.88. The van der Waals surface area contributed by atoms with E-state index in [-0.39, 0.29) is 5.91 Å². The smallest absolute Gasteiger partial charge is 0.282 e. The van der Waals surface area contributed by atoms with Gasteiger partial charge in [-0.2, -0.15) is 17.0 Å². The SMILES string of the molecule is Cn1cc(C(=O)N2CCN(S(=O)(=O)N3CCOCC3)CC2)c2ccccc21. The van der Waals surface area contributed by atoms with E-state index in [0.29, 0.717) is 58.0 Å². The molecule has 4 rings (SSSR count). The number of carbonyl (C=O) groups excluding carboxylic acids is 1. The number of carbonyl (C=O) groups is 1. The zero-order chi connectivity index (χ0) is 19.0. The van der Waals surface area contributed by atoms with Crippen LogP contribution in [0.25, 0.3) is 10.9 Å². The van der Waals surface area contributed by atoms with E-state index in [2.05, 4.69) is 0 Å². The lowest BCUT2D eigenvalue weighted by Gasteiger charge is -2.37. The molecule has 0 N–H and O–H groups in total. The van der Waals surface area contributed by atoms with Gasteiger partial charge in [-0.05, 0) is 6.07 Å². The van der Waals surface area contributed by atoms with Crippen LogP contribution in [0.1, 0.15) is 10.4 Å². The minimum Gasteiger partial charge on any atom is -0.379 e. The van der Waals surface area contributed by atoms with Crippen molar-refractivity contribution in [2.45, 2.75) is 0 Å². The number of para-hydroxylation sites is 1. The van der Waals surface area contributed by atoms with E-state index < -0.39 is 10.2 Å². The van der Waals surface area contributed by atoms with Gasteiger partial charge in [0.2, 0.25) is 0 Å². The van der Waals surface area contributed by atoms with Gasteiger partial charge in [-0.1, -0.05) is 18.2 Å². The van der Waals surface area contributed by atoms with E-state index >= 15 is 0 Å². The number of benzene rings is 1. The van der Waals surface area contributed by atoms with Crippen LogP contribution in [-0.4, -0.2) is 84.9 Å². The predicted octanol–water partition coefficient (Wildman–Crippen LogP) is 0.513. The summed E-state index contributed by atoms with van der Waals surface area (Å²) in [5.41, 5.74) is 1.67. The predicted molar refractivity (Wildman–Crippen MR) is 102 cm³/mol. The van der Waals surface area contributed by atoms with Crippen LogP contribution >= 0.6 is 0 Å². The van der Waals surface area contributed by atoms with Crippen LogP contribution in [0.4, 0.5) is 0 Å². The van der Waals surface area contributed by atoms with Gasteiger partial charge in [0, 0.05) is 63.4 Å². The first-order valence-electron chi connectivity index (χ1n) is 9.15. The average Bonchev–Trinajstić information content (AvgIpc) is 3.05. The minimum atomic E-state index is -3.48. The molecule has 9 heteroatoms. The van der Waals surface area contributed by atoms with Crippen LogP contribution in [-0.2, 0) is 22.0 Å². The van der Waals surface area contributed by atoms with Crippen LogP contribution in [0, 0.1) is 0 Å². The third kappa shape index (κ3) is 3.36. The zero-order valence-electron chi connectivity index (χ0n) is 15.4. The molecule has 146 valence electrons. The number of hydrogen-bond donors (Lipinski definition) is 0. The highest BCUT2D eigenvalue weighted by Crippen LogP contribution is 2.23. The summed E-state index contributed by atoms with van der Waals surface area (Å²) in [7, 11) is -1.56. The highest BCUT2D eigenvalue weighted by Gasteiger charge is 2.34. The Morgan fingerprint density at radius 1 is 0.963 bits per heavy atom. The standard InChI is InChI=1S/C18H24N4O4S/c1-19-14-16(15-4-2-3-5-17(15)19)18(23)20-6-8-21(9-7-20)27(24,25)22-10-12-26-13-11-22/h2-5,14H,6-13H2,1H3. The molecule has 0 radical (unpaired) electrons. The molecule has 27 heavy (non-hydrogen) atoms. The van der Waals surface area contributed by atoms with Gasteiger partial charge in [-0.3, -0.25) is 4.79 Å². The molecular formula is C18H24N4O4S. The van der Waals surface area contributed by atoms with Gasteiger partial charge in [-0.15, -0.1) is 0 Å². The molecule has 1 aromatic heterocycles. The molecule has 2 aliphatic rings. The largest absolute Gasteiger partial charge is 0.379 e.